The lowest BCUT2D eigenvalue weighted by atomic mass is 9.93. The van der Waals surface area contributed by atoms with E-state index in [1.165, 1.54) is 19.9 Å². The van der Waals surface area contributed by atoms with Crippen molar-refractivity contribution >= 4 is 80.1 Å². The van der Waals surface area contributed by atoms with Gasteiger partial charge in [-0.15, -0.1) is 0 Å². The van der Waals surface area contributed by atoms with Gasteiger partial charge in [0.25, 0.3) is 5.92 Å². The Hall–Kier alpha value is -6.65. The standard InChI is InChI=1S/C46H46ClF10N8O15PS2/c1-43(2,82(3,74)75)10-9-24-5-6-26(36(59-24)31(13-21-11-22(48)14-23(49)12-21)60-32(66)18-63-39-34(38(61-63)46(55,56)57)28-16-29(28)45(39,53)54)27-7-8-30(47)35-37(27)64(19-44(50,51)52)62-40(35)65(83(4,76)77)42(70)80-25(15-33(67)68)17-58-41(69)78-20-79-81(71,72)73/h5-8,11-12,14,25,28-29,31H,9-10,13,15-20H2,1-4H3,(H,58,69)(H,60,66)(H,67,68)(H2,71,72,73)/t25-,28?,29+,31-/m0/s1. The minimum Gasteiger partial charge on any atom is -0.481 e. The van der Waals surface area contributed by atoms with E-state index in [4.69, 9.17) is 26.1 Å². The summed E-state index contributed by atoms with van der Waals surface area (Å²) in [6, 6.07) is 4.43. The van der Waals surface area contributed by atoms with Gasteiger partial charge in [-0.25, -0.2) is 44.3 Å². The Morgan fingerprint density at radius 3 is 2.17 bits per heavy atom. The SMILES string of the molecule is CC(C)(CCc1ccc(-c2ccc(Cl)c3c(N(C(=O)O[C@H](CNC(=O)OCOP(=O)(O)O)CC(=O)O)S(C)(=O)=O)nn(CC(F)(F)F)c23)c([C@H](Cc2cc(F)cc(F)c2)NC(=O)Cn2nc(C(F)(F)F)c3c2C(F)(F)[C@@H]2CC32)n1)S(C)(=O)=O. The Morgan fingerprint density at radius 2 is 1.59 bits per heavy atom. The fourth-order valence-electron chi connectivity index (χ4n) is 9.14. The zero-order chi connectivity index (χ0) is 61.9. The first-order valence-electron chi connectivity index (χ1n) is 23.9. The van der Waals surface area contributed by atoms with Crippen molar-refractivity contribution in [2.75, 3.05) is 30.2 Å². The number of alkyl halides is 8. The average molecular weight is 1270 g/mol. The third kappa shape index (κ3) is 14.8. The summed E-state index contributed by atoms with van der Waals surface area (Å²) in [6.07, 6.45) is -17.8. The van der Waals surface area contributed by atoms with Crippen LogP contribution in [0, 0.1) is 17.6 Å². The number of fused-ring (bicyclic) bond motifs is 4. The maximum Gasteiger partial charge on any atom is 0.472 e. The number of nitrogens with one attached hydrogen (secondary N) is 2. The van der Waals surface area contributed by atoms with Gasteiger partial charge in [-0.1, -0.05) is 23.7 Å². The molecule has 0 aliphatic heterocycles. The number of carbonyl (C=O) groups excluding carboxylic acids is 3. The second-order valence-electron chi connectivity index (χ2n) is 19.8. The zero-order valence-electron chi connectivity index (χ0n) is 43.1. The van der Waals surface area contributed by atoms with Crippen molar-refractivity contribution in [3.05, 3.63) is 93.0 Å². The predicted octanol–water partition coefficient (Wildman–Crippen LogP) is 7.41. The van der Waals surface area contributed by atoms with Crippen LogP contribution in [-0.2, 0) is 86.0 Å². The van der Waals surface area contributed by atoms with Crippen molar-refractivity contribution in [2.24, 2.45) is 5.92 Å². The minimum absolute atomic E-state index is 0.0439. The molecule has 3 amide bonds. The van der Waals surface area contributed by atoms with Gasteiger partial charge in [0.1, 0.15) is 36.5 Å². The molecule has 1 saturated carbocycles. The van der Waals surface area contributed by atoms with Crippen LogP contribution < -0.4 is 14.9 Å². The third-order valence-electron chi connectivity index (χ3n) is 13.2. The molecule has 4 atom stereocenters. The molecule has 3 aromatic heterocycles. The quantitative estimate of drug-likeness (QED) is 0.0256. The van der Waals surface area contributed by atoms with Gasteiger partial charge in [-0.2, -0.15) is 49.6 Å². The van der Waals surface area contributed by atoms with Gasteiger partial charge in [0.2, 0.25) is 22.7 Å². The van der Waals surface area contributed by atoms with Crippen LogP contribution in [0.2, 0.25) is 5.02 Å². The molecule has 37 heteroatoms. The van der Waals surface area contributed by atoms with Crippen molar-refractivity contribution in [1.82, 2.24) is 35.2 Å². The minimum atomic E-state index is -5.29. The molecule has 1 fully saturated rings. The lowest BCUT2D eigenvalue weighted by Gasteiger charge is -2.25. The van der Waals surface area contributed by atoms with Crippen molar-refractivity contribution in [3.8, 4) is 11.1 Å². The van der Waals surface area contributed by atoms with Gasteiger partial charge in [0.05, 0.1) is 51.6 Å². The number of benzene rings is 2. The lowest BCUT2D eigenvalue weighted by Crippen LogP contribution is -2.43. The van der Waals surface area contributed by atoms with E-state index >= 15 is 8.78 Å². The number of halogens is 11. The van der Waals surface area contributed by atoms with E-state index in [9.17, 15) is 80.8 Å². The molecule has 0 spiro atoms. The maximum atomic E-state index is 15.7. The van der Waals surface area contributed by atoms with Gasteiger partial charge in [0, 0.05) is 40.6 Å². The van der Waals surface area contributed by atoms with Gasteiger partial charge in [-0.05, 0) is 75.3 Å². The smallest absolute Gasteiger partial charge is 0.472 e. The van der Waals surface area contributed by atoms with Gasteiger partial charge in [0.15, 0.2) is 21.3 Å². The summed E-state index contributed by atoms with van der Waals surface area (Å²) in [5.41, 5.74) is -6.23. The molecule has 2 aromatic carbocycles. The number of amides is 3. The highest BCUT2D eigenvalue weighted by Gasteiger charge is 2.68. The predicted molar refractivity (Wildman–Crippen MR) is 267 cm³/mol. The number of nitrogens with zero attached hydrogens (tertiary/aromatic N) is 6. The van der Waals surface area contributed by atoms with E-state index in [1.54, 1.807) is 0 Å². The Balaban J connectivity index is 1.41. The van der Waals surface area contributed by atoms with Crippen LogP contribution in [0.15, 0.2) is 42.5 Å². The molecular formula is C46H46ClF10N8O15PS2. The molecule has 0 bridgehead atoms. The van der Waals surface area contributed by atoms with E-state index in [0.29, 0.717) is 12.3 Å². The zero-order valence-corrected chi connectivity index (χ0v) is 46.3. The number of hydrogen-bond donors (Lipinski definition) is 5. The first kappa shape index (κ1) is 63.9. The fraction of sp³-hybridized carbons (Fsp3) is 0.457. The van der Waals surface area contributed by atoms with Crippen molar-refractivity contribution in [3.63, 3.8) is 0 Å². The van der Waals surface area contributed by atoms with Crippen LogP contribution >= 0.6 is 19.4 Å². The van der Waals surface area contributed by atoms with E-state index < -0.39 is 200 Å². The van der Waals surface area contributed by atoms with E-state index in [0.717, 1.165) is 36.6 Å². The second kappa shape index (κ2) is 23.1. The van der Waals surface area contributed by atoms with Gasteiger partial charge in [-0.3, -0.25) is 23.9 Å². The molecular weight excluding hydrogens is 1230 g/mol. The average Bonchev–Trinajstić information content (AvgIpc) is 1.63. The number of rotatable bonds is 22. The number of carboxylic acids is 1. The molecule has 5 aromatic rings. The van der Waals surface area contributed by atoms with Crippen LogP contribution in [-0.4, -0.2) is 123 Å². The summed E-state index contributed by atoms with van der Waals surface area (Å²) in [5.74, 6) is -13.5. The topological polar surface area (TPSA) is 318 Å². The molecule has 0 saturated heterocycles. The number of phosphoric ester groups is 1. The molecule has 1 unspecified atom stereocenters. The highest BCUT2D eigenvalue weighted by atomic mass is 35.5. The number of alkyl carbamates (subject to hydrolysis) is 1. The Morgan fingerprint density at radius 1 is 0.952 bits per heavy atom. The molecule has 5 N–H and O–H groups in total. The molecule has 2 aliphatic rings. The monoisotopic (exact) mass is 1270 g/mol. The molecule has 7 rings (SSSR count). The van der Waals surface area contributed by atoms with E-state index in [-0.39, 0.29) is 49.8 Å². The highest BCUT2D eigenvalue weighted by molar-refractivity contribution is 7.92. The highest BCUT2D eigenvalue weighted by Crippen LogP contribution is 2.68. The number of ether oxygens (including phenoxy) is 2. The Kier molecular flexibility index (Phi) is 17.8. The molecule has 83 heavy (non-hydrogen) atoms. The summed E-state index contributed by atoms with van der Waals surface area (Å²) in [6.45, 7) is -3.21. The summed E-state index contributed by atoms with van der Waals surface area (Å²) in [5, 5.41) is 19.5. The van der Waals surface area contributed by atoms with Gasteiger partial charge < -0.3 is 35.0 Å². The lowest BCUT2D eigenvalue weighted by molar-refractivity contribution is -0.143. The van der Waals surface area contributed by atoms with Crippen LogP contribution in [0.3, 0.4) is 0 Å². The van der Waals surface area contributed by atoms with E-state index in [2.05, 4.69) is 29.8 Å². The molecule has 2 aliphatic carbocycles. The number of sulfonamides is 1. The van der Waals surface area contributed by atoms with Crippen molar-refractivity contribution < 1.29 is 113 Å². The summed E-state index contributed by atoms with van der Waals surface area (Å²) < 4.78 is 224. The first-order chi connectivity index (χ1) is 38.1. The maximum absolute atomic E-state index is 15.7. The van der Waals surface area contributed by atoms with Crippen molar-refractivity contribution in [1.29, 1.82) is 0 Å². The first-order valence-corrected chi connectivity index (χ1v) is 29.5. The summed E-state index contributed by atoms with van der Waals surface area (Å²) in [4.78, 5) is 74.6. The third-order valence-corrected chi connectivity index (χ3v) is 17.1. The van der Waals surface area contributed by atoms with Crippen LogP contribution in [0.4, 0.5) is 59.3 Å². The molecule has 454 valence electrons. The molecule has 3 heterocycles. The Bertz CT molecular complexity index is 3670. The molecule has 0 radical (unpaired) electrons. The number of sulfone groups is 1. The summed E-state index contributed by atoms with van der Waals surface area (Å²) in [7, 11) is -14.2. The molecule has 23 nitrogen and oxygen atoms in total. The number of aromatic nitrogens is 5. The number of carboxylic acid groups (broad SMARTS) is 1. The number of hydrogen-bond acceptors (Lipinski definition) is 15. The number of pyridine rings is 1. The van der Waals surface area contributed by atoms with Crippen molar-refractivity contribution in [2.45, 2.75) is 100 Å². The number of aliphatic carboxylic acids is 1. The number of carbonyl (C=O) groups is 4. The normalized spacial score (nSPS) is 16.9. The number of aryl methyl sites for hydroxylation is 1. The van der Waals surface area contributed by atoms with E-state index in [1.807, 2.05) is 5.32 Å². The fourth-order valence-corrected chi connectivity index (χ4v) is 10.8. The van der Waals surface area contributed by atoms with Crippen LogP contribution in [0.25, 0.3) is 22.0 Å². The second-order valence-corrected chi connectivity index (χ2v) is 25.9. The van der Waals surface area contributed by atoms with Crippen LogP contribution in [0.1, 0.15) is 79.0 Å². The number of phosphoric acid groups is 1. The number of anilines is 1. The van der Waals surface area contributed by atoms with Gasteiger partial charge >= 0.3 is 38.3 Å². The Labute approximate surface area is 467 Å². The largest absolute Gasteiger partial charge is 0.481 e. The van der Waals surface area contributed by atoms with Crippen LogP contribution in [0.5, 0.6) is 0 Å². The summed E-state index contributed by atoms with van der Waals surface area (Å²) >= 11 is 6.64.